The average Bonchev–Trinajstić information content (AvgIpc) is 2.42. The monoisotopic (exact) mass is 291 g/mol. The Morgan fingerprint density at radius 1 is 1.48 bits per heavy atom. The van der Waals surface area contributed by atoms with Crippen molar-refractivity contribution in [3.63, 3.8) is 0 Å². The van der Waals surface area contributed by atoms with Crippen molar-refractivity contribution in [2.45, 2.75) is 32.4 Å². The molecule has 1 heterocycles. The minimum absolute atomic E-state index is 0.181. The van der Waals surface area contributed by atoms with Crippen LogP contribution in [0.5, 0.6) is 0 Å². The molecule has 3 atom stereocenters. The van der Waals surface area contributed by atoms with Gasteiger partial charge in [-0.05, 0) is 50.6 Å². The largest absolute Gasteiger partial charge is 0.389 e. The molecule has 3 unspecified atom stereocenters. The van der Waals surface area contributed by atoms with Gasteiger partial charge in [-0.1, -0.05) is 19.1 Å². The van der Waals surface area contributed by atoms with Crippen LogP contribution in [0, 0.1) is 5.92 Å². The van der Waals surface area contributed by atoms with Crippen molar-refractivity contribution in [3.8, 4) is 0 Å². The highest BCUT2D eigenvalue weighted by Crippen LogP contribution is 2.18. The number of likely N-dealkylation sites (tertiary alicyclic amines) is 1. The van der Waals surface area contributed by atoms with E-state index >= 15 is 0 Å². The Morgan fingerprint density at radius 2 is 2.24 bits per heavy atom. The quantitative estimate of drug-likeness (QED) is 0.800. The topological polar surface area (TPSA) is 64.6 Å². The highest BCUT2D eigenvalue weighted by atomic mass is 16.3. The predicted molar refractivity (Wildman–Crippen MR) is 84.3 cm³/mol. The molecule has 0 spiro atoms. The number of nitrogens with one attached hydrogen (secondary N) is 2. The lowest BCUT2D eigenvalue weighted by molar-refractivity contribution is 0.176. The fourth-order valence-corrected chi connectivity index (χ4v) is 2.78. The molecule has 2 amide bonds. The van der Waals surface area contributed by atoms with E-state index in [9.17, 15) is 9.90 Å². The van der Waals surface area contributed by atoms with Crippen LogP contribution in [-0.2, 0) is 0 Å². The molecule has 0 aromatic heterocycles. The molecule has 1 aromatic carbocycles. The first-order valence-corrected chi connectivity index (χ1v) is 7.50. The molecular formula is C16H25N3O2. The Labute approximate surface area is 126 Å². The van der Waals surface area contributed by atoms with Gasteiger partial charge in [-0.3, -0.25) is 0 Å². The van der Waals surface area contributed by atoms with Gasteiger partial charge >= 0.3 is 6.03 Å². The highest BCUT2D eigenvalue weighted by molar-refractivity contribution is 5.89. The Balaban J connectivity index is 1.91. The number of benzene rings is 1. The third-order valence-corrected chi connectivity index (χ3v) is 4.05. The van der Waals surface area contributed by atoms with Crippen molar-refractivity contribution < 1.29 is 9.90 Å². The number of rotatable bonds is 3. The smallest absolute Gasteiger partial charge is 0.319 e. The maximum absolute atomic E-state index is 12.1. The van der Waals surface area contributed by atoms with E-state index in [1.807, 2.05) is 18.2 Å². The van der Waals surface area contributed by atoms with Crippen LogP contribution in [0.25, 0.3) is 0 Å². The molecule has 5 nitrogen and oxygen atoms in total. The van der Waals surface area contributed by atoms with Crippen LogP contribution >= 0.6 is 0 Å². The first-order valence-electron chi connectivity index (χ1n) is 7.50. The fourth-order valence-electron chi connectivity index (χ4n) is 2.78. The number of nitrogens with zero attached hydrogens (tertiary/aromatic N) is 1. The Morgan fingerprint density at radius 3 is 2.90 bits per heavy atom. The zero-order valence-electron chi connectivity index (χ0n) is 13.0. The number of aliphatic hydroxyl groups is 1. The van der Waals surface area contributed by atoms with E-state index in [4.69, 9.17) is 0 Å². The summed E-state index contributed by atoms with van der Waals surface area (Å²) in [5.74, 6) is 0.443. The summed E-state index contributed by atoms with van der Waals surface area (Å²) in [6, 6.07) is 7.31. The van der Waals surface area contributed by atoms with Crippen LogP contribution in [0.2, 0.25) is 0 Å². The first-order chi connectivity index (χ1) is 9.95. The lowest BCUT2D eigenvalue weighted by Crippen LogP contribution is -2.49. The summed E-state index contributed by atoms with van der Waals surface area (Å²) in [4.78, 5) is 14.4. The zero-order chi connectivity index (χ0) is 15.4. The average molecular weight is 291 g/mol. The number of hydrogen-bond acceptors (Lipinski definition) is 3. The molecule has 0 saturated carbocycles. The summed E-state index contributed by atoms with van der Waals surface area (Å²) in [5, 5.41) is 15.5. The van der Waals surface area contributed by atoms with E-state index in [0.717, 1.165) is 25.1 Å². The van der Waals surface area contributed by atoms with E-state index in [1.54, 1.807) is 13.0 Å². The molecule has 0 aliphatic carbocycles. The number of amides is 2. The van der Waals surface area contributed by atoms with E-state index < -0.39 is 6.10 Å². The molecule has 0 bridgehead atoms. The Bertz CT molecular complexity index is 490. The summed E-state index contributed by atoms with van der Waals surface area (Å²) in [5.41, 5.74) is 1.49. The van der Waals surface area contributed by atoms with Crippen LogP contribution < -0.4 is 10.6 Å². The molecule has 1 aromatic rings. The maximum Gasteiger partial charge on any atom is 0.319 e. The molecule has 1 aliphatic rings. The van der Waals surface area contributed by atoms with Crippen LogP contribution in [-0.4, -0.2) is 42.2 Å². The van der Waals surface area contributed by atoms with Crippen molar-refractivity contribution in [3.05, 3.63) is 29.8 Å². The molecule has 21 heavy (non-hydrogen) atoms. The summed E-state index contributed by atoms with van der Waals surface area (Å²) < 4.78 is 0. The van der Waals surface area contributed by atoms with Crippen molar-refractivity contribution in [2.75, 3.05) is 25.5 Å². The van der Waals surface area contributed by atoms with E-state index in [2.05, 4.69) is 29.5 Å². The van der Waals surface area contributed by atoms with Crippen LogP contribution in [0.1, 0.15) is 31.9 Å². The molecule has 5 heteroatoms. The van der Waals surface area contributed by atoms with E-state index in [0.29, 0.717) is 11.6 Å². The summed E-state index contributed by atoms with van der Waals surface area (Å²) in [6.45, 7) is 5.88. The first kappa shape index (κ1) is 15.8. The van der Waals surface area contributed by atoms with Crippen molar-refractivity contribution in [2.24, 2.45) is 5.92 Å². The van der Waals surface area contributed by atoms with E-state index in [1.165, 1.54) is 0 Å². The molecule has 1 saturated heterocycles. The van der Waals surface area contributed by atoms with Gasteiger partial charge < -0.3 is 20.6 Å². The van der Waals surface area contributed by atoms with Crippen molar-refractivity contribution >= 4 is 11.7 Å². The number of urea groups is 1. The van der Waals surface area contributed by atoms with Gasteiger partial charge in [-0.15, -0.1) is 0 Å². The third-order valence-electron chi connectivity index (χ3n) is 4.05. The number of hydrogen-bond donors (Lipinski definition) is 3. The highest BCUT2D eigenvalue weighted by Gasteiger charge is 2.25. The van der Waals surface area contributed by atoms with Gasteiger partial charge in [0.25, 0.3) is 0 Å². The normalized spacial score (nSPS) is 24.4. The number of piperidine rings is 1. The van der Waals surface area contributed by atoms with Gasteiger partial charge in [0, 0.05) is 18.3 Å². The van der Waals surface area contributed by atoms with Gasteiger partial charge in [-0.2, -0.15) is 0 Å². The van der Waals surface area contributed by atoms with Gasteiger partial charge in [0.15, 0.2) is 0 Å². The van der Waals surface area contributed by atoms with Gasteiger partial charge in [0.1, 0.15) is 0 Å². The van der Waals surface area contributed by atoms with Gasteiger partial charge in [0.2, 0.25) is 0 Å². The predicted octanol–water partition coefficient (Wildman–Crippen LogP) is 2.20. The number of aliphatic hydroxyl groups excluding tert-OH is 1. The molecule has 1 fully saturated rings. The minimum Gasteiger partial charge on any atom is -0.389 e. The molecule has 1 aliphatic heterocycles. The molecular weight excluding hydrogens is 266 g/mol. The molecule has 0 radical (unpaired) electrons. The van der Waals surface area contributed by atoms with Crippen LogP contribution in [0.15, 0.2) is 24.3 Å². The minimum atomic E-state index is -0.538. The summed E-state index contributed by atoms with van der Waals surface area (Å²) >= 11 is 0. The fraction of sp³-hybridized carbons (Fsp3) is 0.562. The van der Waals surface area contributed by atoms with Gasteiger partial charge in [0.05, 0.1) is 6.10 Å². The Hall–Kier alpha value is -1.59. The third kappa shape index (κ3) is 4.44. The molecule has 3 N–H and O–H groups in total. The number of carbonyl (C=O) groups excluding carboxylic acids is 1. The second-order valence-electron chi connectivity index (χ2n) is 6.03. The second-order valence-corrected chi connectivity index (χ2v) is 6.03. The summed E-state index contributed by atoms with van der Waals surface area (Å²) in [7, 11) is 2.11. The standard InChI is InChI=1S/C16H25N3O2/c1-11-10-19(3)8-7-15(11)18-16(21)17-14-6-4-5-13(9-14)12(2)20/h4-6,9,11-12,15,20H,7-8,10H2,1-3H3,(H2,17,18,21). The van der Waals surface area contributed by atoms with Crippen LogP contribution in [0.4, 0.5) is 10.5 Å². The maximum atomic E-state index is 12.1. The molecule has 2 rings (SSSR count). The lowest BCUT2D eigenvalue weighted by Gasteiger charge is -2.35. The number of carbonyl (C=O) groups is 1. The zero-order valence-corrected chi connectivity index (χ0v) is 13.0. The summed E-state index contributed by atoms with van der Waals surface area (Å²) in [6.07, 6.45) is 0.433. The molecule has 116 valence electrons. The van der Waals surface area contributed by atoms with Gasteiger partial charge in [-0.25, -0.2) is 4.79 Å². The number of anilines is 1. The van der Waals surface area contributed by atoms with E-state index in [-0.39, 0.29) is 12.1 Å². The van der Waals surface area contributed by atoms with Crippen molar-refractivity contribution in [1.82, 2.24) is 10.2 Å². The SMILES string of the molecule is CC(O)c1cccc(NC(=O)NC2CCN(C)CC2C)c1. The lowest BCUT2D eigenvalue weighted by atomic mass is 9.94. The second kappa shape index (κ2) is 6.91. The van der Waals surface area contributed by atoms with Crippen molar-refractivity contribution in [1.29, 1.82) is 0 Å². The Kier molecular flexibility index (Phi) is 5.20. The van der Waals surface area contributed by atoms with Crippen LogP contribution in [0.3, 0.4) is 0 Å².